The number of fused-ring (bicyclic) bond motifs is 5. The van der Waals surface area contributed by atoms with Gasteiger partial charge in [0.2, 0.25) is 0 Å². The minimum Gasteiger partial charge on any atom is -0.264 e. The van der Waals surface area contributed by atoms with E-state index in [0.29, 0.717) is 10.8 Å². The van der Waals surface area contributed by atoms with Crippen molar-refractivity contribution in [2.45, 2.75) is 65.7 Å². The van der Waals surface area contributed by atoms with Crippen LogP contribution in [0.5, 0.6) is 0 Å². The van der Waals surface area contributed by atoms with Gasteiger partial charge in [0.15, 0.2) is 0 Å². The third-order valence-corrected chi connectivity index (χ3v) is 8.90. The van der Waals surface area contributed by atoms with Crippen LogP contribution >= 0.6 is 0 Å². The molecule has 0 bridgehead atoms. The largest absolute Gasteiger partial charge is 0.264 e. The highest BCUT2D eigenvalue weighted by Crippen LogP contribution is 2.66. The van der Waals surface area contributed by atoms with Gasteiger partial charge in [0.1, 0.15) is 0 Å². The van der Waals surface area contributed by atoms with Crippen molar-refractivity contribution in [3.05, 3.63) is 47.8 Å². The van der Waals surface area contributed by atoms with Crippen LogP contribution in [0.15, 0.2) is 42.3 Å². The third kappa shape index (κ3) is 2.25. The number of pyridine rings is 1. The lowest BCUT2D eigenvalue weighted by Gasteiger charge is -2.58. The predicted octanol–water partition coefficient (Wildman–Crippen LogP) is 6.67. The summed E-state index contributed by atoms with van der Waals surface area (Å²) in [6.07, 6.45) is 18.8. The average Bonchev–Trinajstić information content (AvgIpc) is 3.00. The molecule has 1 aromatic rings. The van der Waals surface area contributed by atoms with Gasteiger partial charge >= 0.3 is 0 Å². The predicted molar refractivity (Wildman–Crippen MR) is 108 cm³/mol. The van der Waals surface area contributed by atoms with E-state index in [9.17, 15) is 0 Å². The molecule has 0 radical (unpaired) electrons. The lowest BCUT2D eigenvalue weighted by Crippen LogP contribution is -2.49. The second-order valence-corrected chi connectivity index (χ2v) is 10.2. The molecule has 2 fully saturated rings. The molecule has 0 aliphatic heterocycles. The van der Waals surface area contributed by atoms with E-state index in [1.807, 2.05) is 11.8 Å². The van der Waals surface area contributed by atoms with Gasteiger partial charge in [-0.15, -0.1) is 0 Å². The van der Waals surface area contributed by atoms with Crippen LogP contribution < -0.4 is 0 Å². The van der Waals surface area contributed by atoms with Crippen molar-refractivity contribution in [1.29, 1.82) is 0 Å². The van der Waals surface area contributed by atoms with Crippen LogP contribution in [-0.4, -0.2) is 4.98 Å². The van der Waals surface area contributed by atoms with Gasteiger partial charge < -0.3 is 0 Å². The fraction of sp³-hybridized carbons (Fsp3) is 0.640. The zero-order valence-corrected chi connectivity index (χ0v) is 16.7. The first-order valence-corrected chi connectivity index (χ1v) is 10.8. The SMILES string of the molecule is CC1CC[C@@]2(C)C(=CCC3C4CC=C(c5cccnc5)C4(C)CCC32)C1. The van der Waals surface area contributed by atoms with Gasteiger partial charge in [-0.05, 0) is 96.7 Å². The van der Waals surface area contributed by atoms with Crippen LogP contribution in [0.4, 0.5) is 0 Å². The van der Waals surface area contributed by atoms with Crippen LogP contribution in [0.1, 0.15) is 71.3 Å². The highest BCUT2D eigenvalue weighted by molar-refractivity contribution is 5.72. The van der Waals surface area contributed by atoms with Gasteiger partial charge in [-0.3, -0.25) is 4.98 Å². The molecule has 4 aliphatic rings. The van der Waals surface area contributed by atoms with E-state index in [4.69, 9.17) is 0 Å². The molecular formula is C25H33N. The molecular weight excluding hydrogens is 314 g/mol. The van der Waals surface area contributed by atoms with Crippen LogP contribution in [0.25, 0.3) is 5.57 Å². The van der Waals surface area contributed by atoms with E-state index in [0.717, 1.165) is 23.7 Å². The Morgan fingerprint density at radius 2 is 1.85 bits per heavy atom. The van der Waals surface area contributed by atoms with E-state index >= 15 is 0 Å². The van der Waals surface area contributed by atoms with Crippen molar-refractivity contribution < 1.29 is 0 Å². The van der Waals surface area contributed by atoms with Crippen molar-refractivity contribution in [2.75, 3.05) is 0 Å². The highest BCUT2D eigenvalue weighted by Gasteiger charge is 2.56. The average molecular weight is 348 g/mol. The number of hydrogen-bond acceptors (Lipinski definition) is 1. The first-order valence-electron chi connectivity index (χ1n) is 10.8. The summed E-state index contributed by atoms with van der Waals surface area (Å²) in [5, 5.41) is 0. The Bertz CT molecular complexity index is 760. The molecule has 4 aliphatic carbocycles. The minimum absolute atomic E-state index is 0.355. The van der Waals surface area contributed by atoms with E-state index in [-0.39, 0.29) is 0 Å². The molecule has 1 heterocycles. The second kappa shape index (κ2) is 5.81. The Hall–Kier alpha value is -1.37. The number of rotatable bonds is 1. The van der Waals surface area contributed by atoms with Gasteiger partial charge in [-0.1, -0.05) is 44.6 Å². The molecule has 0 amide bonds. The summed E-state index contributed by atoms with van der Waals surface area (Å²) < 4.78 is 0. The molecule has 26 heavy (non-hydrogen) atoms. The van der Waals surface area contributed by atoms with Crippen LogP contribution in [0, 0.1) is 34.5 Å². The molecule has 1 aromatic heterocycles. The Morgan fingerprint density at radius 3 is 2.65 bits per heavy atom. The van der Waals surface area contributed by atoms with Gasteiger partial charge in [0.05, 0.1) is 0 Å². The van der Waals surface area contributed by atoms with E-state index in [2.05, 4.69) is 56.2 Å². The van der Waals surface area contributed by atoms with Gasteiger partial charge in [0, 0.05) is 12.4 Å². The molecule has 5 unspecified atom stereocenters. The highest BCUT2D eigenvalue weighted by atomic mass is 14.6. The topological polar surface area (TPSA) is 12.9 Å². The smallest absolute Gasteiger partial charge is 0.0343 e. The minimum atomic E-state index is 0.355. The third-order valence-electron chi connectivity index (χ3n) is 8.90. The first-order chi connectivity index (χ1) is 12.5. The maximum atomic E-state index is 4.40. The number of nitrogens with zero attached hydrogens (tertiary/aromatic N) is 1. The standard InChI is InChI=1S/C25H33N/c1-17-10-12-24(2)19(15-17)6-7-20-22-9-8-21(18-5-4-14-26-16-18)25(22,3)13-11-23(20)24/h4-6,8,14,16-17,20,22-23H,7,9-13,15H2,1-3H3/t17?,20?,22?,23?,24-,25?/m0/s1. The molecule has 0 saturated heterocycles. The normalized spacial score (nSPS) is 44.4. The number of allylic oxidation sites excluding steroid dienone is 4. The van der Waals surface area contributed by atoms with E-state index in [1.165, 1.54) is 50.5 Å². The molecule has 6 atom stereocenters. The molecule has 2 saturated carbocycles. The first kappa shape index (κ1) is 16.8. The van der Waals surface area contributed by atoms with Gasteiger partial charge in [-0.2, -0.15) is 0 Å². The Labute approximate surface area is 159 Å². The van der Waals surface area contributed by atoms with Crippen LogP contribution in [-0.2, 0) is 0 Å². The summed E-state index contributed by atoms with van der Waals surface area (Å²) in [6.45, 7) is 7.63. The van der Waals surface area contributed by atoms with Crippen molar-refractivity contribution in [3.63, 3.8) is 0 Å². The van der Waals surface area contributed by atoms with Crippen molar-refractivity contribution in [3.8, 4) is 0 Å². The fourth-order valence-corrected chi connectivity index (χ4v) is 7.38. The molecule has 5 rings (SSSR count). The van der Waals surface area contributed by atoms with E-state index in [1.54, 1.807) is 5.57 Å². The van der Waals surface area contributed by atoms with Crippen molar-refractivity contribution in [1.82, 2.24) is 4.98 Å². The number of aromatic nitrogens is 1. The fourth-order valence-electron chi connectivity index (χ4n) is 7.38. The van der Waals surface area contributed by atoms with Gasteiger partial charge in [-0.25, -0.2) is 0 Å². The molecule has 1 nitrogen and oxygen atoms in total. The van der Waals surface area contributed by atoms with Crippen molar-refractivity contribution >= 4 is 5.57 Å². The zero-order chi connectivity index (χ0) is 17.9. The molecule has 0 aromatic carbocycles. The maximum absolute atomic E-state index is 4.40. The van der Waals surface area contributed by atoms with Crippen molar-refractivity contribution in [2.24, 2.45) is 34.5 Å². The second-order valence-electron chi connectivity index (χ2n) is 10.2. The molecule has 0 spiro atoms. The van der Waals surface area contributed by atoms with Gasteiger partial charge in [0.25, 0.3) is 0 Å². The summed E-state index contributed by atoms with van der Waals surface area (Å²) in [4.78, 5) is 4.40. The Balaban J connectivity index is 1.48. The molecule has 138 valence electrons. The Kier molecular flexibility index (Phi) is 3.75. The summed E-state index contributed by atoms with van der Waals surface area (Å²) in [6, 6.07) is 4.36. The summed E-state index contributed by atoms with van der Waals surface area (Å²) in [5.74, 6) is 3.51. The summed E-state index contributed by atoms with van der Waals surface area (Å²) >= 11 is 0. The van der Waals surface area contributed by atoms with Crippen LogP contribution in [0.3, 0.4) is 0 Å². The lowest BCUT2D eigenvalue weighted by molar-refractivity contribution is -0.0137. The quantitative estimate of drug-likeness (QED) is 0.517. The lowest BCUT2D eigenvalue weighted by atomic mass is 9.47. The molecule has 0 N–H and O–H groups in total. The zero-order valence-electron chi connectivity index (χ0n) is 16.7. The molecule has 1 heteroatoms. The monoisotopic (exact) mass is 347 g/mol. The summed E-state index contributed by atoms with van der Waals surface area (Å²) in [7, 11) is 0. The van der Waals surface area contributed by atoms with Crippen LogP contribution in [0.2, 0.25) is 0 Å². The van der Waals surface area contributed by atoms with E-state index < -0.39 is 0 Å². The maximum Gasteiger partial charge on any atom is 0.0343 e. The Morgan fingerprint density at radius 1 is 1.00 bits per heavy atom. The summed E-state index contributed by atoms with van der Waals surface area (Å²) in [5.41, 5.74) is 5.62. The number of hydrogen-bond donors (Lipinski definition) is 0.